The standard InChI is InChI=1S/C20H24N6O/c1-15-14-26(7-8-27-15)19-5-4-16(10-23-19)9-22-12-18-13-24-25-20(18)17-3-2-6-21-11-17/h2-6,10-11,13,15,22H,7-9,12,14H2,1H3,(H,24,25). The Kier molecular flexibility index (Phi) is 5.41. The maximum absolute atomic E-state index is 5.59. The van der Waals surface area contributed by atoms with E-state index in [4.69, 9.17) is 4.74 Å². The van der Waals surface area contributed by atoms with Crippen molar-refractivity contribution in [1.29, 1.82) is 0 Å². The SMILES string of the molecule is CC1CN(c2ccc(CNCc3cn[nH]c3-c3cccnc3)cn2)CCO1. The largest absolute Gasteiger partial charge is 0.375 e. The summed E-state index contributed by atoms with van der Waals surface area (Å²) < 4.78 is 5.59. The van der Waals surface area contributed by atoms with Crippen LogP contribution in [0.4, 0.5) is 5.82 Å². The molecule has 0 spiro atoms. The third kappa shape index (κ3) is 4.32. The molecular weight excluding hydrogens is 340 g/mol. The summed E-state index contributed by atoms with van der Waals surface area (Å²) in [7, 11) is 0. The summed E-state index contributed by atoms with van der Waals surface area (Å²) in [5.41, 5.74) is 4.32. The predicted molar refractivity (Wildman–Crippen MR) is 104 cm³/mol. The molecule has 0 aromatic carbocycles. The van der Waals surface area contributed by atoms with E-state index in [1.807, 2.05) is 30.7 Å². The average Bonchev–Trinajstić information content (AvgIpc) is 3.18. The van der Waals surface area contributed by atoms with E-state index in [9.17, 15) is 0 Å². The number of aromatic nitrogens is 4. The number of nitrogens with zero attached hydrogens (tertiary/aromatic N) is 4. The molecule has 1 aliphatic heterocycles. The normalized spacial score (nSPS) is 17.2. The fraction of sp³-hybridized carbons (Fsp3) is 0.350. The Balaban J connectivity index is 1.33. The summed E-state index contributed by atoms with van der Waals surface area (Å²) in [5.74, 6) is 1.02. The van der Waals surface area contributed by atoms with Gasteiger partial charge in [0.15, 0.2) is 0 Å². The Morgan fingerprint density at radius 3 is 2.96 bits per heavy atom. The van der Waals surface area contributed by atoms with Crippen LogP contribution in [0.1, 0.15) is 18.1 Å². The van der Waals surface area contributed by atoms with Crippen molar-refractivity contribution in [3.05, 3.63) is 60.2 Å². The molecule has 7 heteroatoms. The lowest BCUT2D eigenvalue weighted by atomic mass is 10.1. The summed E-state index contributed by atoms with van der Waals surface area (Å²) in [5, 5.41) is 10.7. The number of ether oxygens (including phenoxy) is 1. The van der Waals surface area contributed by atoms with E-state index in [1.54, 1.807) is 6.20 Å². The number of morpholine rings is 1. The number of anilines is 1. The maximum Gasteiger partial charge on any atom is 0.128 e. The smallest absolute Gasteiger partial charge is 0.128 e. The predicted octanol–water partition coefficient (Wildman–Crippen LogP) is 2.38. The van der Waals surface area contributed by atoms with Gasteiger partial charge in [-0.2, -0.15) is 5.10 Å². The number of H-pyrrole nitrogens is 1. The molecule has 3 aromatic rings. The van der Waals surface area contributed by atoms with E-state index in [0.29, 0.717) is 0 Å². The van der Waals surface area contributed by atoms with Crippen molar-refractivity contribution < 1.29 is 4.74 Å². The molecule has 4 rings (SSSR count). The van der Waals surface area contributed by atoms with Gasteiger partial charge in [0.2, 0.25) is 0 Å². The molecule has 0 aliphatic carbocycles. The Bertz CT molecular complexity index is 848. The van der Waals surface area contributed by atoms with Crippen LogP contribution in [0.2, 0.25) is 0 Å². The maximum atomic E-state index is 5.59. The Morgan fingerprint density at radius 1 is 1.22 bits per heavy atom. The van der Waals surface area contributed by atoms with Crippen LogP contribution in [0.15, 0.2) is 49.1 Å². The van der Waals surface area contributed by atoms with Crippen molar-refractivity contribution in [3.8, 4) is 11.3 Å². The minimum Gasteiger partial charge on any atom is -0.375 e. The van der Waals surface area contributed by atoms with Crippen molar-refractivity contribution in [3.63, 3.8) is 0 Å². The second-order valence-corrected chi connectivity index (χ2v) is 6.77. The van der Waals surface area contributed by atoms with Gasteiger partial charge in [-0.1, -0.05) is 6.07 Å². The fourth-order valence-corrected chi connectivity index (χ4v) is 3.28. The van der Waals surface area contributed by atoms with E-state index in [1.165, 1.54) is 0 Å². The van der Waals surface area contributed by atoms with E-state index >= 15 is 0 Å². The van der Waals surface area contributed by atoms with Crippen molar-refractivity contribution in [1.82, 2.24) is 25.5 Å². The second-order valence-electron chi connectivity index (χ2n) is 6.77. The molecule has 1 fully saturated rings. The Morgan fingerprint density at radius 2 is 2.19 bits per heavy atom. The number of nitrogens with one attached hydrogen (secondary N) is 2. The molecule has 27 heavy (non-hydrogen) atoms. The topological polar surface area (TPSA) is 79.0 Å². The third-order valence-corrected chi connectivity index (χ3v) is 4.69. The molecule has 140 valence electrons. The number of pyridine rings is 2. The molecule has 1 saturated heterocycles. The van der Waals surface area contributed by atoms with Crippen molar-refractivity contribution in [2.24, 2.45) is 0 Å². The van der Waals surface area contributed by atoms with Crippen LogP contribution < -0.4 is 10.2 Å². The highest BCUT2D eigenvalue weighted by Gasteiger charge is 2.17. The van der Waals surface area contributed by atoms with Gasteiger partial charge in [0.05, 0.1) is 24.6 Å². The minimum absolute atomic E-state index is 0.255. The first kappa shape index (κ1) is 17.6. The van der Waals surface area contributed by atoms with Crippen LogP contribution in [0.3, 0.4) is 0 Å². The molecule has 1 aliphatic rings. The molecule has 0 saturated carbocycles. The van der Waals surface area contributed by atoms with Gasteiger partial charge in [-0.05, 0) is 30.7 Å². The summed E-state index contributed by atoms with van der Waals surface area (Å²) in [4.78, 5) is 11.1. The van der Waals surface area contributed by atoms with Crippen LogP contribution >= 0.6 is 0 Å². The van der Waals surface area contributed by atoms with Crippen molar-refractivity contribution in [2.45, 2.75) is 26.1 Å². The molecule has 0 amide bonds. The van der Waals surface area contributed by atoms with Crippen LogP contribution in [-0.2, 0) is 17.8 Å². The minimum atomic E-state index is 0.255. The zero-order valence-electron chi connectivity index (χ0n) is 15.4. The lowest BCUT2D eigenvalue weighted by Gasteiger charge is -2.32. The fourth-order valence-electron chi connectivity index (χ4n) is 3.28. The van der Waals surface area contributed by atoms with Gasteiger partial charge in [-0.25, -0.2) is 4.98 Å². The number of rotatable bonds is 6. The number of hydrogen-bond acceptors (Lipinski definition) is 6. The highest BCUT2D eigenvalue weighted by atomic mass is 16.5. The first-order valence-electron chi connectivity index (χ1n) is 9.24. The second kappa shape index (κ2) is 8.28. The monoisotopic (exact) mass is 364 g/mol. The molecule has 0 bridgehead atoms. The molecule has 2 N–H and O–H groups in total. The Hall–Kier alpha value is -2.77. The molecule has 1 unspecified atom stereocenters. The quantitative estimate of drug-likeness (QED) is 0.699. The first-order chi connectivity index (χ1) is 13.3. The van der Waals surface area contributed by atoms with Gasteiger partial charge < -0.3 is 15.0 Å². The molecular formula is C20H24N6O. The highest BCUT2D eigenvalue weighted by Crippen LogP contribution is 2.20. The summed E-state index contributed by atoms with van der Waals surface area (Å²) in [6.45, 7) is 6.12. The van der Waals surface area contributed by atoms with Crippen LogP contribution in [0.5, 0.6) is 0 Å². The summed E-state index contributed by atoms with van der Waals surface area (Å²) in [6, 6.07) is 8.18. The lowest BCUT2D eigenvalue weighted by molar-refractivity contribution is 0.0529. The van der Waals surface area contributed by atoms with E-state index in [-0.39, 0.29) is 6.10 Å². The van der Waals surface area contributed by atoms with Gasteiger partial charge in [-0.15, -0.1) is 0 Å². The molecule has 7 nitrogen and oxygen atoms in total. The zero-order valence-corrected chi connectivity index (χ0v) is 15.4. The Labute approximate surface area is 158 Å². The van der Waals surface area contributed by atoms with Crippen LogP contribution in [-0.4, -0.2) is 46.0 Å². The van der Waals surface area contributed by atoms with Gasteiger partial charge in [0.25, 0.3) is 0 Å². The van der Waals surface area contributed by atoms with E-state index in [0.717, 1.165) is 61.0 Å². The van der Waals surface area contributed by atoms with Crippen LogP contribution in [0, 0.1) is 0 Å². The van der Waals surface area contributed by atoms with E-state index in [2.05, 4.69) is 49.4 Å². The van der Waals surface area contributed by atoms with E-state index < -0.39 is 0 Å². The molecule has 0 radical (unpaired) electrons. The molecule has 1 atom stereocenters. The lowest BCUT2D eigenvalue weighted by Crippen LogP contribution is -2.41. The van der Waals surface area contributed by atoms with Crippen molar-refractivity contribution >= 4 is 5.82 Å². The number of aromatic amines is 1. The van der Waals surface area contributed by atoms with Gasteiger partial charge in [-0.3, -0.25) is 10.1 Å². The van der Waals surface area contributed by atoms with Crippen molar-refractivity contribution in [2.75, 3.05) is 24.6 Å². The average molecular weight is 364 g/mol. The molecule has 3 aromatic heterocycles. The summed E-state index contributed by atoms with van der Waals surface area (Å²) >= 11 is 0. The third-order valence-electron chi connectivity index (χ3n) is 4.69. The van der Waals surface area contributed by atoms with Gasteiger partial charge in [0, 0.05) is 55.9 Å². The van der Waals surface area contributed by atoms with Gasteiger partial charge in [0.1, 0.15) is 5.82 Å². The summed E-state index contributed by atoms with van der Waals surface area (Å²) in [6.07, 6.45) is 7.67. The first-order valence-corrected chi connectivity index (χ1v) is 9.24. The molecule has 4 heterocycles. The number of hydrogen-bond donors (Lipinski definition) is 2. The zero-order chi connectivity index (χ0) is 18.5. The highest BCUT2D eigenvalue weighted by molar-refractivity contribution is 5.61. The van der Waals surface area contributed by atoms with Gasteiger partial charge >= 0.3 is 0 Å². The van der Waals surface area contributed by atoms with Crippen LogP contribution in [0.25, 0.3) is 11.3 Å².